The van der Waals surface area contributed by atoms with Crippen LogP contribution in [0.2, 0.25) is 0 Å². The highest BCUT2D eigenvalue weighted by Crippen LogP contribution is 2.32. The molecule has 4 rings (SSSR count). The summed E-state index contributed by atoms with van der Waals surface area (Å²) in [5, 5.41) is 8.11. The molecule has 1 aromatic carbocycles. The second kappa shape index (κ2) is 9.39. The van der Waals surface area contributed by atoms with Crippen LogP contribution in [0.15, 0.2) is 34.3 Å². The number of nitrogens with zero attached hydrogens (tertiary/aromatic N) is 4. The molecule has 0 spiro atoms. The number of fused-ring (bicyclic) bond motifs is 3. The fraction of sp³-hybridized carbons (Fsp3) is 0.409. The van der Waals surface area contributed by atoms with E-state index < -0.39 is 0 Å². The molecule has 3 heterocycles. The van der Waals surface area contributed by atoms with Crippen molar-refractivity contribution in [2.75, 3.05) is 19.7 Å². The number of hydrogen-bond donors (Lipinski definition) is 2. The maximum absolute atomic E-state index is 5.93. The lowest BCUT2D eigenvalue weighted by Crippen LogP contribution is -2.39. The third-order valence-corrected chi connectivity index (χ3v) is 4.67. The zero-order chi connectivity index (χ0) is 20.8. The monoisotopic (exact) mass is 392 g/mol. The molecular formula is C22H28N6O. The zero-order valence-electron chi connectivity index (χ0n) is 17.2. The van der Waals surface area contributed by atoms with E-state index in [1.807, 2.05) is 24.6 Å². The molecule has 2 aliphatic rings. The summed E-state index contributed by atoms with van der Waals surface area (Å²) in [7, 11) is 0. The van der Waals surface area contributed by atoms with Crippen molar-refractivity contribution < 1.29 is 4.74 Å². The highest BCUT2D eigenvalue weighted by Gasteiger charge is 2.24. The highest BCUT2D eigenvalue weighted by atomic mass is 16.5. The largest absolute Gasteiger partial charge is 0.491 e. The number of rotatable bonds is 3. The van der Waals surface area contributed by atoms with Gasteiger partial charge in [-0.1, -0.05) is 6.07 Å². The van der Waals surface area contributed by atoms with Gasteiger partial charge in [0.05, 0.1) is 12.9 Å². The summed E-state index contributed by atoms with van der Waals surface area (Å²) < 4.78 is 7.90. The van der Waals surface area contributed by atoms with Gasteiger partial charge in [0.15, 0.2) is 5.84 Å². The molecule has 2 aliphatic heterocycles. The molecule has 0 unspecified atom stereocenters. The Balaban J connectivity index is 0.000000755. The molecule has 0 atom stereocenters. The van der Waals surface area contributed by atoms with Crippen molar-refractivity contribution >= 4 is 12.2 Å². The van der Waals surface area contributed by atoms with Gasteiger partial charge in [-0.15, -0.1) is 12.3 Å². The van der Waals surface area contributed by atoms with Crippen LogP contribution >= 0.6 is 0 Å². The Kier molecular flexibility index (Phi) is 6.68. The van der Waals surface area contributed by atoms with Gasteiger partial charge in [0.1, 0.15) is 17.1 Å². The Morgan fingerprint density at radius 3 is 2.79 bits per heavy atom. The molecule has 0 aliphatic carbocycles. The Hall–Kier alpha value is -3.11. The first-order valence-corrected chi connectivity index (χ1v) is 9.84. The van der Waals surface area contributed by atoms with Crippen LogP contribution in [-0.2, 0) is 6.42 Å². The van der Waals surface area contributed by atoms with Crippen LogP contribution < -0.4 is 15.8 Å². The molecule has 1 aromatic heterocycles. The van der Waals surface area contributed by atoms with Crippen molar-refractivity contribution in [1.29, 1.82) is 0 Å². The van der Waals surface area contributed by atoms with Gasteiger partial charge in [0.2, 0.25) is 0 Å². The Morgan fingerprint density at radius 2 is 2.17 bits per heavy atom. The summed E-state index contributed by atoms with van der Waals surface area (Å²) in [5.74, 6) is 4.23. The van der Waals surface area contributed by atoms with E-state index in [1.54, 1.807) is 6.92 Å². The van der Waals surface area contributed by atoms with Crippen molar-refractivity contribution in [2.45, 2.75) is 39.2 Å². The van der Waals surface area contributed by atoms with Gasteiger partial charge in [-0.25, -0.2) is 9.67 Å². The van der Waals surface area contributed by atoms with E-state index in [0.717, 1.165) is 42.3 Å². The van der Waals surface area contributed by atoms with E-state index in [-0.39, 0.29) is 6.04 Å². The smallest absolute Gasteiger partial charge is 0.177 e. The number of nitrogens with one attached hydrogen (secondary N) is 1. The van der Waals surface area contributed by atoms with E-state index in [9.17, 15) is 0 Å². The Bertz CT molecular complexity index is 947. The summed E-state index contributed by atoms with van der Waals surface area (Å²) in [5.41, 5.74) is 9.62. The second-order valence-corrected chi connectivity index (χ2v) is 7.23. The topological polar surface area (TPSA) is 89.8 Å². The van der Waals surface area contributed by atoms with Crippen LogP contribution in [0.3, 0.4) is 0 Å². The highest BCUT2D eigenvalue weighted by molar-refractivity contribution is 6.01. The number of terminal acetylenes is 1. The van der Waals surface area contributed by atoms with E-state index in [1.165, 1.54) is 11.9 Å². The van der Waals surface area contributed by atoms with Crippen molar-refractivity contribution in [3.63, 3.8) is 0 Å². The molecule has 7 nitrogen and oxygen atoms in total. The summed E-state index contributed by atoms with van der Waals surface area (Å²) in [6, 6.07) is 8.55. The predicted octanol–water partition coefficient (Wildman–Crippen LogP) is 2.28. The van der Waals surface area contributed by atoms with Crippen molar-refractivity contribution in [3.05, 3.63) is 41.2 Å². The van der Waals surface area contributed by atoms with Gasteiger partial charge in [-0.2, -0.15) is 5.10 Å². The van der Waals surface area contributed by atoms with Gasteiger partial charge in [0.25, 0.3) is 0 Å². The first-order valence-electron chi connectivity index (χ1n) is 9.84. The molecule has 0 radical (unpaired) electrons. The van der Waals surface area contributed by atoms with Crippen LogP contribution in [0.5, 0.6) is 5.75 Å². The maximum atomic E-state index is 5.93. The van der Waals surface area contributed by atoms with E-state index in [0.29, 0.717) is 18.4 Å². The van der Waals surface area contributed by atoms with Crippen molar-refractivity contribution in [2.24, 2.45) is 15.7 Å². The number of hydrogen-bond acceptors (Lipinski definition) is 4. The molecule has 1 fully saturated rings. The SMILES string of the molecule is C#CC.CC(C)N=C(N=CN)c1cc2n(n1)-c1cc(C3CNC3)ccc1OCC2. The summed E-state index contributed by atoms with van der Waals surface area (Å²) >= 11 is 0. The summed E-state index contributed by atoms with van der Waals surface area (Å²) in [4.78, 5) is 8.76. The van der Waals surface area contributed by atoms with Crippen molar-refractivity contribution in [3.8, 4) is 23.8 Å². The number of benzene rings is 1. The minimum absolute atomic E-state index is 0.114. The van der Waals surface area contributed by atoms with Gasteiger partial charge >= 0.3 is 0 Å². The number of aliphatic imine (C=N–C) groups is 2. The molecule has 0 saturated carbocycles. The normalized spacial score (nSPS) is 16.0. The predicted molar refractivity (Wildman–Crippen MR) is 117 cm³/mol. The molecule has 29 heavy (non-hydrogen) atoms. The quantitative estimate of drug-likeness (QED) is 0.476. The number of ether oxygens (including phenoxy) is 1. The lowest BCUT2D eigenvalue weighted by molar-refractivity contribution is 0.326. The third kappa shape index (κ3) is 4.66. The average Bonchev–Trinajstić information content (AvgIpc) is 2.98. The fourth-order valence-corrected chi connectivity index (χ4v) is 3.26. The number of aromatic nitrogens is 2. The number of amidine groups is 1. The van der Waals surface area contributed by atoms with Gasteiger partial charge in [-0.3, -0.25) is 4.99 Å². The van der Waals surface area contributed by atoms with Crippen LogP contribution in [0, 0.1) is 12.3 Å². The fourth-order valence-electron chi connectivity index (χ4n) is 3.26. The lowest BCUT2D eigenvalue weighted by Gasteiger charge is -2.28. The maximum Gasteiger partial charge on any atom is 0.177 e. The van der Waals surface area contributed by atoms with E-state index in [2.05, 4.69) is 45.8 Å². The van der Waals surface area contributed by atoms with Gasteiger partial charge in [0, 0.05) is 37.2 Å². The van der Waals surface area contributed by atoms with Crippen LogP contribution in [0.25, 0.3) is 5.69 Å². The molecular weight excluding hydrogens is 364 g/mol. The molecule has 1 saturated heterocycles. The summed E-state index contributed by atoms with van der Waals surface area (Å²) in [6.07, 6.45) is 6.65. The zero-order valence-corrected chi connectivity index (χ0v) is 17.2. The standard InChI is InChI=1S/C19H24N6O.C3H4/c1-12(2)23-19(22-11-20)16-8-15-5-6-26-18-4-3-13(14-9-21-10-14)7-17(18)25(15)24-16;1-3-2/h3-4,7-8,11-12,14,21H,5-6,9-10H2,1-2H3,(H2,20,22,23);1H,2H3. The molecule has 2 aromatic rings. The minimum Gasteiger partial charge on any atom is -0.491 e. The summed E-state index contributed by atoms with van der Waals surface area (Å²) in [6.45, 7) is 8.34. The van der Waals surface area contributed by atoms with Crippen LogP contribution in [-0.4, -0.2) is 47.7 Å². The van der Waals surface area contributed by atoms with E-state index in [4.69, 9.17) is 15.6 Å². The lowest BCUT2D eigenvalue weighted by atomic mass is 9.93. The third-order valence-electron chi connectivity index (χ3n) is 4.67. The van der Waals surface area contributed by atoms with Crippen LogP contribution in [0.4, 0.5) is 0 Å². The van der Waals surface area contributed by atoms with Gasteiger partial charge in [-0.05, 0) is 44.5 Å². The first kappa shape index (κ1) is 20.6. The molecule has 0 amide bonds. The van der Waals surface area contributed by atoms with Crippen LogP contribution in [0.1, 0.15) is 43.6 Å². The second-order valence-electron chi connectivity index (χ2n) is 7.23. The van der Waals surface area contributed by atoms with Crippen molar-refractivity contribution in [1.82, 2.24) is 15.1 Å². The Labute approximate surface area is 172 Å². The average molecular weight is 393 g/mol. The van der Waals surface area contributed by atoms with Gasteiger partial charge < -0.3 is 15.8 Å². The van der Waals surface area contributed by atoms with E-state index >= 15 is 0 Å². The molecule has 152 valence electrons. The first-order chi connectivity index (χ1) is 14.1. The minimum atomic E-state index is 0.114. The Morgan fingerprint density at radius 1 is 1.41 bits per heavy atom. The number of nitrogens with two attached hydrogens (primary N) is 1. The molecule has 3 N–H and O–H groups in total. The molecule has 7 heteroatoms. The molecule has 0 bridgehead atoms.